The highest BCUT2D eigenvalue weighted by molar-refractivity contribution is 6.39. The normalized spacial score (nSPS) is 33.5. The van der Waals surface area contributed by atoms with Crippen LogP contribution in [0, 0.1) is 5.92 Å². The SMILES string of the molecule is CC1CCCOC1(O)C(=O)C(=O)N1CCCC[C@H]1C(=O)O. The summed E-state index contributed by atoms with van der Waals surface area (Å²) < 4.78 is 5.16. The van der Waals surface area contributed by atoms with Crippen molar-refractivity contribution in [3.05, 3.63) is 0 Å². The van der Waals surface area contributed by atoms with Crippen molar-refractivity contribution in [2.45, 2.75) is 50.9 Å². The second-order valence-electron chi connectivity index (χ2n) is 5.77. The van der Waals surface area contributed by atoms with E-state index in [9.17, 15) is 19.5 Å². The van der Waals surface area contributed by atoms with Crippen molar-refractivity contribution in [3.63, 3.8) is 0 Å². The number of aliphatic carboxylic acids is 1. The molecule has 0 aromatic carbocycles. The molecule has 0 radical (unpaired) electrons. The van der Waals surface area contributed by atoms with E-state index in [1.165, 1.54) is 0 Å². The highest BCUT2D eigenvalue weighted by Crippen LogP contribution is 2.31. The first-order valence-corrected chi connectivity index (χ1v) is 7.32. The van der Waals surface area contributed by atoms with Crippen LogP contribution < -0.4 is 0 Å². The number of rotatable bonds is 3. The summed E-state index contributed by atoms with van der Waals surface area (Å²) in [4.78, 5) is 36.9. The van der Waals surface area contributed by atoms with E-state index in [0.717, 1.165) is 4.90 Å². The van der Waals surface area contributed by atoms with Gasteiger partial charge >= 0.3 is 5.97 Å². The molecule has 0 spiro atoms. The molecule has 3 atom stereocenters. The van der Waals surface area contributed by atoms with E-state index in [4.69, 9.17) is 9.84 Å². The smallest absolute Gasteiger partial charge is 0.326 e. The second kappa shape index (κ2) is 6.11. The topological polar surface area (TPSA) is 104 Å². The maximum absolute atomic E-state index is 12.3. The third kappa shape index (κ3) is 2.94. The summed E-state index contributed by atoms with van der Waals surface area (Å²) in [6.07, 6.45) is 2.97. The van der Waals surface area contributed by atoms with Crippen LogP contribution in [0.3, 0.4) is 0 Å². The molecule has 2 aliphatic rings. The lowest BCUT2D eigenvalue weighted by molar-refractivity contribution is -0.240. The average molecular weight is 299 g/mol. The second-order valence-corrected chi connectivity index (χ2v) is 5.77. The third-order valence-corrected chi connectivity index (χ3v) is 4.34. The molecule has 2 rings (SSSR count). The van der Waals surface area contributed by atoms with Gasteiger partial charge in [0.1, 0.15) is 6.04 Å². The van der Waals surface area contributed by atoms with Gasteiger partial charge in [-0.1, -0.05) is 6.92 Å². The zero-order chi connectivity index (χ0) is 15.6. The predicted octanol–water partition coefficient (Wildman–Crippen LogP) is 0.156. The molecule has 0 aromatic heterocycles. The van der Waals surface area contributed by atoms with Gasteiger partial charge in [0.15, 0.2) is 0 Å². The van der Waals surface area contributed by atoms with Crippen molar-refractivity contribution in [3.8, 4) is 0 Å². The Hall–Kier alpha value is -1.47. The van der Waals surface area contributed by atoms with Gasteiger partial charge in [-0.25, -0.2) is 4.79 Å². The fourth-order valence-corrected chi connectivity index (χ4v) is 2.96. The van der Waals surface area contributed by atoms with Gasteiger partial charge in [0.2, 0.25) is 5.79 Å². The molecule has 118 valence electrons. The molecule has 1 amide bonds. The van der Waals surface area contributed by atoms with Gasteiger partial charge in [0.25, 0.3) is 11.7 Å². The number of likely N-dealkylation sites (tertiary alicyclic amines) is 1. The van der Waals surface area contributed by atoms with E-state index in [-0.39, 0.29) is 13.2 Å². The summed E-state index contributed by atoms with van der Waals surface area (Å²) in [7, 11) is 0. The molecule has 2 heterocycles. The molecule has 0 aliphatic carbocycles. The zero-order valence-corrected chi connectivity index (χ0v) is 12.1. The minimum Gasteiger partial charge on any atom is -0.480 e. The molecule has 2 fully saturated rings. The Labute approximate surface area is 122 Å². The van der Waals surface area contributed by atoms with Crippen LogP contribution in [-0.2, 0) is 19.1 Å². The van der Waals surface area contributed by atoms with Crippen LogP contribution in [0.5, 0.6) is 0 Å². The lowest BCUT2D eigenvalue weighted by Crippen LogP contribution is -2.59. The number of carboxylic acid groups (broad SMARTS) is 1. The molecular weight excluding hydrogens is 278 g/mol. The van der Waals surface area contributed by atoms with Crippen LogP contribution in [0.25, 0.3) is 0 Å². The van der Waals surface area contributed by atoms with Crippen LogP contribution in [0.1, 0.15) is 39.0 Å². The molecule has 2 aliphatic heterocycles. The number of aliphatic hydroxyl groups is 1. The summed E-state index contributed by atoms with van der Waals surface area (Å²) in [5.74, 6) is -5.76. The monoisotopic (exact) mass is 299 g/mol. The van der Waals surface area contributed by atoms with E-state index >= 15 is 0 Å². The number of Topliss-reactive ketones (excluding diaryl/α,β-unsaturated/α-hetero) is 1. The van der Waals surface area contributed by atoms with E-state index in [0.29, 0.717) is 32.1 Å². The number of nitrogens with zero attached hydrogens (tertiary/aromatic N) is 1. The Morgan fingerprint density at radius 3 is 2.52 bits per heavy atom. The van der Waals surface area contributed by atoms with Gasteiger partial charge < -0.3 is 19.8 Å². The Bertz CT molecular complexity index is 451. The molecule has 0 saturated carbocycles. The number of carbonyl (C=O) groups excluding carboxylic acids is 2. The van der Waals surface area contributed by atoms with Crippen LogP contribution in [0.2, 0.25) is 0 Å². The molecule has 7 heteroatoms. The Kier molecular flexibility index (Phi) is 4.63. The van der Waals surface area contributed by atoms with Gasteiger partial charge in [-0.2, -0.15) is 0 Å². The lowest BCUT2D eigenvalue weighted by Gasteiger charge is -2.38. The van der Waals surface area contributed by atoms with Gasteiger partial charge in [-0.15, -0.1) is 0 Å². The first-order valence-electron chi connectivity index (χ1n) is 7.32. The lowest BCUT2D eigenvalue weighted by atomic mass is 9.88. The fraction of sp³-hybridized carbons (Fsp3) is 0.786. The van der Waals surface area contributed by atoms with Crippen LogP contribution in [-0.4, -0.2) is 57.8 Å². The van der Waals surface area contributed by atoms with Crippen molar-refractivity contribution >= 4 is 17.7 Å². The number of hydrogen-bond acceptors (Lipinski definition) is 5. The summed E-state index contributed by atoms with van der Waals surface area (Å²) in [6, 6.07) is -1.00. The molecule has 7 nitrogen and oxygen atoms in total. The number of hydrogen-bond donors (Lipinski definition) is 2. The fourth-order valence-electron chi connectivity index (χ4n) is 2.96. The number of carboxylic acids is 1. The molecule has 0 bridgehead atoms. The van der Waals surface area contributed by atoms with Crippen molar-refractivity contribution in [1.82, 2.24) is 4.90 Å². The number of amides is 1. The maximum atomic E-state index is 12.3. The van der Waals surface area contributed by atoms with Gasteiger partial charge in [-0.05, 0) is 32.1 Å². The first-order chi connectivity index (χ1) is 9.88. The Balaban J connectivity index is 2.17. The van der Waals surface area contributed by atoms with Crippen molar-refractivity contribution in [2.24, 2.45) is 5.92 Å². The summed E-state index contributed by atoms with van der Waals surface area (Å²) >= 11 is 0. The highest BCUT2D eigenvalue weighted by Gasteiger charge is 2.50. The molecular formula is C14H21NO6. The Morgan fingerprint density at radius 1 is 1.19 bits per heavy atom. The zero-order valence-electron chi connectivity index (χ0n) is 12.1. The number of carbonyl (C=O) groups is 3. The van der Waals surface area contributed by atoms with Crippen LogP contribution in [0.4, 0.5) is 0 Å². The number of piperidine rings is 1. The largest absolute Gasteiger partial charge is 0.480 e. The summed E-state index contributed by atoms with van der Waals surface area (Å²) in [6.45, 7) is 2.07. The predicted molar refractivity (Wildman–Crippen MR) is 71.3 cm³/mol. The first kappa shape index (κ1) is 15.9. The molecule has 2 unspecified atom stereocenters. The van der Waals surface area contributed by atoms with Crippen molar-refractivity contribution in [2.75, 3.05) is 13.2 Å². The molecule has 21 heavy (non-hydrogen) atoms. The molecule has 2 saturated heterocycles. The van der Waals surface area contributed by atoms with Gasteiger partial charge in [0.05, 0.1) is 6.61 Å². The molecule has 2 N–H and O–H groups in total. The maximum Gasteiger partial charge on any atom is 0.326 e. The summed E-state index contributed by atoms with van der Waals surface area (Å²) in [5, 5.41) is 19.5. The number of ketones is 1. The quantitative estimate of drug-likeness (QED) is 0.719. The minimum atomic E-state index is -2.13. The minimum absolute atomic E-state index is 0.211. The summed E-state index contributed by atoms with van der Waals surface area (Å²) in [5.41, 5.74) is 0. The Morgan fingerprint density at radius 2 is 1.90 bits per heavy atom. The highest BCUT2D eigenvalue weighted by atomic mass is 16.6. The third-order valence-electron chi connectivity index (χ3n) is 4.34. The van der Waals surface area contributed by atoms with Gasteiger partial charge in [0, 0.05) is 12.5 Å². The van der Waals surface area contributed by atoms with E-state index in [1.54, 1.807) is 6.92 Å². The standard InChI is InChI=1S/C14H21NO6/c1-9-5-4-8-21-14(9,20)11(16)12(17)15-7-3-2-6-10(15)13(18)19/h9-10,20H,2-8H2,1H3,(H,18,19)/t9?,10-,14?/m0/s1. The average Bonchev–Trinajstić information content (AvgIpc) is 2.48. The van der Waals surface area contributed by atoms with Crippen LogP contribution >= 0.6 is 0 Å². The van der Waals surface area contributed by atoms with E-state index in [2.05, 4.69) is 0 Å². The van der Waals surface area contributed by atoms with E-state index < -0.39 is 35.4 Å². The number of ether oxygens (including phenoxy) is 1. The van der Waals surface area contributed by atoms with Crippen LogP contribution in [0.15, 0.2) is 0 Å². The van der Waals surface area contributed by atoms with Crippen molar-refractivity contribution in [1.29, 1.82) is 0 Å². The van der Waals surface area contributed by atoms with Crippen molar-refractivity contribution < 1.29 is 29.3 Å². The molecule has 0 aromatic rings. The van der Waals surface area contributed by atoms with Gasteiger partial charge in [-0.3, -0.25) is 9.59 Å². The van der Waals surface area contributed by atoms with E-state index in [1.807, 2.05) is 0 Å².